The van der Waals surface area contributed by atoms with Crippen LogP contribution >= 0.6 is 38.6 Å². The highest BCUT2D eigenvalue weighted by Gasteiger charge is 2.33. The molecule has 2 aromatic carbocycles. The lowest BCUT2D eigenvalue weighted by Gasteiger charge is -2.23. The number of hydrogen-bond donors (Lipinski definition) is 0. The topological polar surface area (TPSA) is 69.9 Å². The SMILES string of the molecule is CCOC(=O)C1=C(C)N=c2s/c(=C\c3ccc(OCc4ccc(Br)cc4)cc3)c(=O)n2[C@H]1c1cccs1. The van der Waals surface area contributed by atoms with Crippen LogP contribution in [0.2, 0.25) is 0 Å². The van der Waals surface area contributed by atoms with Crippen molar-refractivity contribution in [1.82, 2.24) is 4.57 Å². The summed E-state index contributed by atoms with van der Waals surface area (Å²) < 4.78 is 14.4. The van der Waals surface area contributed by atoms with Gasteiger partial charge in [0.25, 0.3) is 5.56 Å². The first-order valence-electron chi connectivity index (χ1n) is 11.6. The second kappa shape index (κ2) is 11.0. The van der Waals surface area contributed by atoms with E-state index >= 15 is 0 Å². The molecule has 5 rings (SSSR count). The van der Waals surface area contributed by atoms with Gasteiger partial charge in [0.1, 0.15) is 18.4 Å². The van der Waals surface area contributed by atoms with Gasteiger partial charge in [-0.3, -0.25) is 9.36 Å². The molecule has 0 fully saturated rings. The molecule has 1 atom stereocenters. The number of carbonyl (C=O) groups is 1. The molecule has 188 valence electrons. The van der Waals surface area contributed by atoms with E-state index in [0.29, 0.717) is 27.2 Å². The van der Waals surface area contributed by atoms with Gasteiger partial charge in [0.15, 0.2) is 4.80 Å². The minimum Gasteiger partial charge on any atom is -0.489 e. The number of esters is 1. The molecule has 0 unspecified atom stereocenters. The fourth-order valence-electron chi connectivity index (χ4n) is 4.07. The van der Waals surface area contributed by atoms with Crippen LogP contribution in [0.25, 0.3) is 6.08 Å². The fourth-order valence-corrected chi connectivity index (χ4v) is 6.20. The molecule has 4 aromatic rings. The quantitative estimate of drug-likeness (QED) is 0.276. The second-order valence-electron chi connectivity index (χ2n) is 8.30. The number of aromatic nitrogens is 1. The van der Waals surface area contributed by atoms with Gasteiger partial charge < -0.3 is 9.47 Å². The standard InChI is InChI=1S/C28H23BrN2O4S2/c1-3-34-27(33)24-17(2)30-28-31(25(24)22-5-4-14-36-22)26(32)23(37-28)15-18-8-12-21(13-9-18)35-16-19-6-10-20(29)11-7-19/h4-15,25H,3,16H2,1-2H3/b23-15-/t25-/m0/s1. The Morgan fingerprint density at radius 1 is 1.14 bits per heavy atom. The number of ether oxygens (including phenoxy) is 2. The zero-order valence-electron chi connectivity index (χ0n) is 20.1. The molecule has 1 aliphatic rings. The largest absolute Gasteiger partial charge is 0.489 e. The highest BCUT2D eigenvalue weighted by molar-refractivity contribution is 9.10. The van der Waals surface area contributed by atoms with Crippen LogP contribution in [0.4, 0.5) is 0 Å². The molecule has 3 heterocycles. The Balaban J connectivity index is 1.46. The highest BCUT2D eigenvalue weighted by Crippen LogP contribution is 2.33. The van der Waals surface area contributed by atoms with Crippen molar-refractivity contribution in [2.75, 3.05) is 6.61 Å². The maximum Gasteiger partial charge on any atom is 0.338 e. The molecular formula is C28H23BrN2O4S2. The number of carbonyl (C=O) groups excluding carboxylic acids is 1. The summed E-state index contributed by atoms with van der Waals surface area (Å²) in [4.78, 5) is 32.5. The molecule has 37 heavy (non-hydrogen) atoms. The zero-order valence-corrected chi connectivity index (χ0v) is 23.4. The van der Waals surface area contributed by atoms with Crippen molar-refractivity contribution in [2.24, 2.45) is 4.99 Å². The van der Waals surface area contributed by atoms with Crippen LogP contribution in [0.15, 0.2) is 91.6 Å². The molecule has 9 heteroatoms. The monoisotopic (exact) mass is 594 g/mol. The van der Waals surface area contributed by atoms with Gasteiger partial charge in [-0.25, -0.2) is 9.79 Å². The van der Waals surface area contributed by atoms with Crippen molar-refractivity contribution in [2.45, 2.75) is 26.5 Å². The molecule has 0 N–H and O–H groups in total. The van der Waals surface area contributed by atoms with Crippen molar-refractivity contribution in [3.8, 4) is 5.75 Å². The third-order valence-corrected chi connectivity index (χ3v) is 8.26. The summed E-state index contributed by atoms with van der Waals surface area (Å²) in [6.07, 6.45) is 1.84. The van der Waals surface area contributed by atoms with E-state index in [0.717, 1.165) is 26.2 Å². The van der Waals surface area contributed by atoms with E-state index in [1.165, 1.54) is 22.7 Å². The van der Waals surface area contributed by atoms with Gasteiger partial charge in [-0.1, -0.05) is 57.6 Å². The Morgan fingerprint density at radius 2 is 1.89 bits per heavy atom. The van der Waals surface area contributed by atoms with E-state index < -0.39 is 12.0 Å². The third kappa shape index (κ3) is 5.39. The van der Waals surface area contributed by atoms with Crippen LogP contribution in [0.3, 0.4) is 0 Å². The van der Waals surface area contributed by atoms with Gasteiger partial charge in [0, 0.05) is 9.35 Å². The number of benzene rings is 2. The average molecular weight is 596 g/mol. The lowest BCUT2D eigenvalue weighted by Crippen LogP contribution is -2.39. The summed E-state index contributed by atoms with van der Waals surface area (Å²) in [7, 11) is 0. The smallest absolute Gasteiger partial charge is 0.338 e. The molecule has 0 saturated carbocycles. The molecule has 0 bridgehead atoms. The van der Waals surface area contributed by atoms with Gasteiger partial charge in [-0.05, 0) is 66.8 Å². The van der Waals surface area contributed by atoms with E-state index in [2.05, 4.69) is 20.9 Å². The van der Waals surface area contributed by atoms with Crippen molar-refractivity contribution >= 4 is 50.6 Å². The van der Waals surface area contributed by atoms with Crippen LogP contribution in [0.5, 0.6) is 5.75 Å². The number of allylic oxidation sites excluding steroid dienone is 1. The van der Waals surface area contributed by atoms with Gasteiger partial charge in [0.05, 0.1) is 22.4 Å². The van der Waals surface area contributed by atoms with Crippen molar-refractivity contribution in [1.29, 1.82) is 0 Å². The number of fused-ring (bicyclic) bond motifs is 1. The van der Waals surface area contributed by atoms with E-state index in [9.17, 15) is 9.59 Å². The maximum atomic E-state index is 13.6. The molecule has 0 spiro atoms. The number of thiazole rings is 1. The minimum atomic E-state index is -0.563. The third-order valence-electron chi connectivity index (χ3n) is 5.83. The summed E-state index contributed by atoms with van der Waals surface area (Å²) in [5, 5.41) is 1.93. The summed E-state index contributed by atoms with van der Waals surface area (Å²) in [6, 6.07) is 18.9. The Morgan fingerprint density at radius 3 is 2.57 bits per heavy atom. The molecule has 0 saturated heterocycles. The number of rotatable bonds is 7. The van der Waals surface area contributed by atoms with Gasteiger partial charge in [0.2, 0.25) is 0 Å². The van der Waals surface area contributed by atoms with Crippen LogP contribution in [-0.4, -0.2) is 17.1 Å². The maximum absolute atomic E-state index is 13.6. The number of nitrogens with zero attached hydrogens (tertiary/aromatic N) is 2. The van der Waals surface area contributed by atoms with E-state index in [1.54, 1.807) is 18.4 Å². The average Bonchev–Trinajstić information content (AvgIpc) is 3.52. The Kier molecular flexibility index (Phi) is 7.55. The first-order valence-corrected chi connectivity index (χ1v) is 14.1. The van der Waals surface area contributed by atoms with Gasteiger partial charge in [-0.2, -0.15) is 0 Å². The van der Waals surface area contributed by atoms with Crippen molar-refractivity contribution < 1.29 is 14.3 Å². The summed E-state index contributed by atoms with van der Waals surface area (Å²) in [6.45, 7) is 4.27. The minimum absolute atomic E-state index is 0.188. The summed E-state index contributed by atoms with van der Waals surface area (Å²) in [5.74, 6) is 0.295. The Bertz CT molecular complexity index is 1630. The molecule has 2 aromatic heterocycles. The normalized spacial score (nSPS) is 15.3. The van der Waals surface area contributed by atoms with Gasteiger partial charge in [-0.15, -0.1) is 11.3 Å². The van der Waals surface area contributed by atoms with Crippen molar-refractivity contribution in [3.63, 3.8) is 0 Å². The lowest BCUT2D eigenvalue weighted by atomic mass is 10.0. The predicted molar refractivity (Wildman–Crippen MR) is 150 cm³/mol. The predicted octanol–water partition coefficient (Wildman–Crippen LogP) is 5.20. The van der Waals surface area contributed by atoms with Crippen molar-refractivity contribution in [3.05, 3.63) is 117 Å². The number of thiophene rings is 1. The molecule has 0 amide bonds. The first-order chi connectivity index (χ1) is 17.9. The van der Waals surface area contributed by atoms with Gasteiger partial charge >= 0.3 is 5.97 Å². The zero-order chi connectivity index (χ0) is 25.9. The highest BCUT2D eigenvalue weighted by atomic mass is 79.9. The molecule has 6 nitrogen and oxygen atoms in total. The molecule has 0 aliphatic carbocycles. The fraction of sp³-hybridized carbons (Fsp3) is 0.179. The Hall–Kier alpha value is -3.27. The van der Waals surface area contributed by atoms with Crippen LogP contribution in [-0.2, 0) is 16.1 Å². The van der Waals surface area contributed by atoms with E-state index in [1.807, 2.05) is 72.1 Å². The van der Waals surface area contributed by atoms with Crippen LogP contribution in [0.1, 0.15) is 35.9 Å². The van der Waals surface area contributed by atoms with Crippen LogP contribution in [0, 0.1) is 0 Å². The van der Waals surface area contributed by atoms with E-state index in [-0.39, 0.29) is 12.2 Å². The summed E-state index contributed by atoms with van der Waals surface area (Å²) >= 11 is 6.25. The molecular weight excluding hydrogens is 572 g/mol. The molecule has 1 aliphatic heterocycles. The number of halogens is 1. The van der Waals surface area contributed by atoms with E-state index in [4.69, 9.17) is 9.47 Å². The first kappa shape index (κ1) is 25.4. The summed E-state index contributed by atoms with van der Waals surface area (Å²) in [5.41, 5.74) is 2.72. The second-order valence-corrected chi connectivity index (χ2v) is 11.2. The molecule has 0 radical (unpaired) electrons. The number of hydrogen-bond acceptors (Lipinski definition) is 7. The van der Waals surface area contributed by atoms with Crippen LogP contribution < -0.4 is 19.6 Å². The Labute approximate surface area is 230 Å². The lowest BCUT2D eigenvalue weighted by molar-refractivity contribution is -0.139.